The van der Waals surface area contributed by atoms with Crippen molar-refractivity contribution in [3.8, 4) is 0 Å². The smallest absolute Gasteiger partial charge is 0.139 e. The molecule has 0 aromatic rings. The Balaban J connectivity index is 1.69. The number of hydrogen-bond donors (Lipinski definition) is 1. The van der Waals surface area contributed by atoms with Crippen LogP contribution in [0, 0.1) is 34.5 Å². The fraction of sp³-hybridized carbons (Fsp3) is 0.850. The molecule has 4 aliphatic rings. The summed E-state index contributed by atoms with van der Waals surface area (Å²) in [5, 5.41) is 10.1. The Morgan fingerprint density at radius 2 is 1.91 bits per heavy atom. The van der Waals surface area contributed by atoms with E-state index in [0.29, 0.717) is 29.5 Å². The van der Waals surface area contributed by atoms with Crippen molar-refractivity contribution in [3.63, 3.8) is 0 Å². The molecule has 7 atom stereocenters. The van der Waals surface area contributed by atoms with Gasteiger partial charge in [0.25, 0.3) is 0 Å². The number of aliphatic hydroxyl groups excluding tert-OH is 1. The van der Waals surface area contributed by atoms with Gasteiger partial charge in [-0.25, -0.2) is 0 Å². The number of fused-ring (bicyclic) bond motifs is 5. The number of Topliss-reactive ketones (excluding diaryl/α,β-unsaturated/α-hetero) is 1. The number of carbonyl (C=O) groups is 1. The average molecular weight is 302 g/mol. The van der Waals surface area contributed by atoms with Gasteiger partial charge < -0.3 is 5.11 Å². The summed E-state index contributed by atoms with van der Waals surface area (Å²) in [5.41, 5.74) is 1.47. The molecule has 4 fully saturated rings. The van der Waals surface area contributed by atoms with Crippen LogP contribution in [0.25, 0.3) is 0 Å². The van der Waals surface area contributed by atoms with E-state index in [1.165, 1.54) is 24.8 Å². The summed E-state index contributed by atoms with van der Waals surface area (Å²) in [6, 6.07) is 0. The second-order valence-electron chi connectivity index (χ2n) is 9.05. The summed E-state index contributed by atoms with van der Waals surface area (Å²) in [4.78, 5) is 12.4. The molecular formula is C20H30O2. The van der Waals surface area contributed by atoms with E-state index in [1.54, 1.807) is 0 Å². The Labute approximate surface area is 134 Å². The summed E-state index contributed by atoms with van der Waals surface area (Å²) in [6.45, 7) is 9.08. The Morgan fingerprint density at radius 1 is 1.14 bits per heavy atom. The quantitative estimate of drug-likeness (QED) is 0.683. The lowest BCUT2D eigenvalue weighted by Crippen LogP contribution is -2.54. The molecule has 4 saturated carbocycles. The first-order valence-electron chi connectivity index (χ1n) is 9.27. The molecule has 0 heterocycles. The Bertz CT molecular complexity index is 524. The van der Waals surface area contributed by atoms with Gasteiger partial charge in [0, 0.05) is 11.8 Å². The average Bonchev–Trinajstić information content (AvgIpc) is 2.77. The van der Waals surface area contributed by atoms with Crippen LogP contribution in [0.2, 0.25) is 0 Å². The summed E-state index contributed by atoms with van der Waals surface area (Å²) in [7, 11) is 0. The summed E-state index contributed by atoms with van der Waals surface area (Å²) in [6.07, 6.45) is 8.24. The van der Waals surface area contributed by atoms with E-state index >= 15 is 0 Å². The van der Waals surface area contributed by atoms with Crippen LogP contribution < -0.4 is 0 Å². The summed E-state index contributed by atoms with van der Waals surface area (Å²) in [5.74, 6) is 3.14. The molecule has 4 aliphatic carbocycles. The minimum Gasteiger partial charge on any atom is -0.393 e. The van der Waals surface area contributed by atoms with Crippen LogP contribution in [0.5, 0.6) is 0 Å². The van der Waals surface area contributed by atoms with E-state index in [1.807, 2.05) is 0 Å². The molecule has 22 heavy (non-hydrogen) atoms. The standard InChI is InChI=1S/C20H30O2/c1-12-10-14(21)11-13-4-5-15-16-6-7-18(22)19(16,2)9-8-17(15)20(12,13)3/h13-17,21H,1,4-11H2,2-3H3/t13?,14?,15-,16-,17-,19-,20-/m0/s1. The highest BCUT2D eigenvalue weighted by molar-refractivity contribution is 5.87. The minimum atomic E-state index is -0.177. The van der Waals surface area contributed by atoms with Gasteiger partial charge in [-0.1, -0.05) is 26.0 Å². The van der Waals surface area contributed by atoms with Crippen LogP contribution in [0.15, 0.2) is 12.2 Å². The first-order valence-corrected chi connectivity index (χ1v) is 9.27. The van der Waals surface area contributed by atoms with Crippen molar-refractivity contribution in [3.05, 3.63) is 12.2 Å². The van der Waals surface area contributed by atoms with Crippen LogP contribution in [-0.4, -0.2) is 17.0 Å². The van der Waals surface area contributed by atoms with Crippen LogP contribution >= 0.6 is 0 Å². The zero-order chi connectivity index (χ0) is 15.7. The Hall–Kier alpha value is -0.630. The predicted molar refractivity (Wildman–Crippen MR) is 87.3 cm³/mol. The zero-order valence-electron chi connectivity index (χ0n) is 14.1. The number of rotatable bonds is 0. The van der Waals surface area contributed by atoms with Crippen LogP contribution in [0.4, 0.5) is 0 Å². The lowest BCUT2D eigenvalue weighted by Gasteiger charge is -2.60. The predicted octanol–water partition coefficient (Wildman–Crippen LogP) is 4.13. The lowest BCUT2D eigenvalue weighted by molar-refractivity contribution is -0.136. The molecule has 2 heteroatoms. The molecule has 0 aliphatic heterocycles. The normalized spacial score (nSPS) is 54.6. The van der Waals surface area contributed by atoms with Crippen molar-refractivity contribution in [1.29, 1.82) is 0 Å². The molecule has 2 unspecified atom stereocenters. The maximum Gasteiger partial charge on any atom is 0.139 e. The molecule has 2 nitrogen and oxygen atoms in total. The molecular weight excluding hydrogens is 272 g/mol. The fourth-order valence-corrected chi connectivity index (χ4v) is 7.03. The van der Waals surface area contributed by atoms with Crippen molar-refractivity contribution < 1.29 is 9.90 Å². The summed E-state index contributed by atoms with van der Waals surface area (Å²) >= 11 is 0. The topological polar surface area (TPSA) is 37.3 Å². The molecule has 1 N–H and O–H groups in total. The van der Waals surface area contributed by atoms with E-state index in [2.05, 4.69) is 20.4 Å². The third-order valence-corrected chi connectivity index (χ3v) is 8.41. The number of ketones is 1. The molecule has 122 valence electrons. The van der Waals surface area contributed by atoms with Gasteiger partial charge in [0.2, 0.25) is 0 Å². The molecule has 0 saturated heterocycles. The first kappa shape index (κ1) is 14.9. The molecule has 4 rings (SSSR count). The van der Waals surface area contributed by atoms with E-state index in [0.717, 1.165) is 32.1 Å². The van der Waals surface area contributed by atoms with Crippen LogP contribution in [0.3, 0.4) is 0 Å². The Morgan fingerprint density at radius 3 is 2.68 bits per heavy atom. The monoisotopic (exact) mass is 302 g/mol. The van der Waals surface area contributed by atoms with E-state index < -0.39 is 0 Å². The molecule has 0 bridgehead atoms. The van der Waals surface area contributed by atoms with E-state index in [-0.39, 0.29) is 16.9 Å². The highest BCUT2D eigenvalue weighted by Gasteiger charge is 2.60. The third kappa shape index (κ3) is 1.74. The number of carbonyl (C=O) groups excluding carboxylic acids is 1. The Kier molecular flexibility index (Phi) is 3.18. The van der Waals surface area contributed by atoms with Crippen molar-refractivity contribution in [2.24, 2.45) is 34.5 Å². The number of hydrogen-bond acceptors (Lipinski definition) is 2. The molecule has 0 amide bonds. The van der Waals surface area contributed by atoms with Gasteiger partial charge in [-0.3, -0.25) is 4.79 Å². The van der Waals surface area contributed by atoms with Gasteiger partial charge in [-0.15, -0.1) is 0 Å². The highest BCUT2D eigenvalue weighted by Crippen LogP contribution is 2.66. The highest BCUT2D eigenvalue weighted by atomic mass is 16.3. The minimum absolute atomic E-state index is 0.0279. The SMILES string of the molecule is C=C1CC(O)CC2CC[C@@H]3[C@H](CC[C@]4(C)C(=O)CC[C@@H]34)[C@@]12C. The van der Waals surface area contributed by atoms with Gasteiger partial charge in [-0.2, -0.15) is 0 Å². The van der Waals surface area contributed by atoms with Crippen LogP contribution in [-0.2, 0) is 4.79 Å². The molecule has 0 radical (unpaired) electrons. The summed E-state index contributed by atoms with van der Waals surface area (Å²) < 4.78 is 0. The van der Waals surface area contributed by atoms with Gasteiger partial charge in [0.1, 0.15) is 5.78 Å². The molecule has 0 aromatic heterocycles. The first-order chi connectivity index (χ1) is 10.4. The van der Waals surface area contributed by atoms with E-state index in [4.69, 9.17) is 0 Å². The zero-order valence-corrected chi connectivity index (χ0v) is 14.1. The maximum atomic E-state index is 12.4. The van der Waals surface area contributed by atoms with Gasteiger partial charge >= 0.3 is 0 Å². The van der Waals surface area contributed by atoms with Crippen molar-refractivity contribution in [2.75, 3.05) is 0 Å². The molecule has 0 aromatic carbocycles. The fourth-order valence-electron chi connectivity index (χ4n) is 7.03. The maximum absolute atomic E-state index is 12.4. The second kappa shape index (κ2) is 4.69. The molecule has 0 spiro atoms. The lowest BCUT2D eigenvalue weighted by atomic mass is 9.44. The number of aliphatic hydroxyl groups is 1. The van der Waals surface area contributed by atoms with Crippen molar-refractivity contribution >= 4 is 5.78 Å². The third-order valence-electron chi connectivity index (χ3n) is 8.41. The van der Waals surface area contributed by atoms with Gasteiger partial charge in [0.15, 0.2) is 0 Å². The van der Waals surface area contributed by atoms with E-state index in [9.17, 15) is 9.90 Å². The van der Waals surface area contributed by atoms with Gasteiger partial charge in [0.05, 0.1) is 6.10 Å². The largest absolute Gasteiger partial charge is 0.393 e. The van der Waals surface area contributed by atoms with Crippen LogP contribution in [0.1, 0.15) is 65.2 Å². The van der Waals surface area contributed by atoms with Gasteiger partial charge in [-0.05, 0) is 74.0 Å². The van der Waals surface area contributed by atoms with Crippen molar-refractivity contribution in [2.45, 2.75) is 71.3 Å². The van der Waals surface area contributed by atoms with Crippen molar-refractivity contribution in [1.82, 2.24) is 0 Å². The second-order valence-corrected chi connectivity index (χ2v) is 9.05.